The molecule has 0 radical (unpaired) electrons. The van der Waals surface area contributed by atoms with Crippen molar-refractivity contribution in [2.24, 2.45) is 0 Å². The zero-order chi connectivity index (χ0) is 15.6. The third-order valence-electron chi connectivity index (χ3n) is 2.92. The molecule has 0 fully saturated rings. The summed E-state index contributed by atoms with van der Waals surface area (Å²) < 4.78 is 5.02. The number of anilines is 1. The molecule has 0 bridgehead atoms. The third-order valence-corrected chi connectivity index (χ3v) is 4.25. The molecule has 0 aromatic heterocycles. The Morgan fingerprint density at radius 1 is 1.09 bits per heavy atom. The van der Waals surface area contributed by atoms with E-state index < -0.39 is 0 Å². The van der Waals surface area contributed by atoms with Crippen LogP contribution in [0.25, 0.3) is 0 Å². The van der Waals surface area contributed by atoms with Crippen LogP contribution in [0, 0.1) is 0 Å². The van der Waals surface area contributed by atoms with Gasteiger partial charge in [0.25, 0.3) is 0 Å². The summed E-state index contributed by atoms with van der Waals surface area (Å²) in [7, 11) is 1.70. The molecule has 0 saturated carbocycles. The van der Waals surface area contributed by atoms with Crippen molar-refractivity contribution in [2.75, 3.05) is 25.6 Å². The third kappa shape index (κ3) is 5.67. The lowest BCUT2D eigenvalue weighted by molar-refractivity contribution is 0.196. The quantitative estimate of drug-likeness (QED) is 0.588. The predicted molar refractivity (Wildman–Crippen MR) is 97.7 cm³/mol. The Balaban J connectivity index is 1.95. The molecule has 2 aromatic rings. The molecule has 2 rings (SSSR count). The average Bonchev–Trinajstić information content (AvgIpc) is 2.54. The van der Waals surface area contributed by atoms with Gasteiger partial charge in [-0.1, -0.05) is 42.1 Å². The molecular formula is C17H20N2OS2. The Hall–Kier alpha value is -1.56. The molecule has 116 valence electrons. The van der Waals surface area contributed by atoms with Crippen LogP contribution in [-0.2, 0) is 4.74 Å². The fourth-order valence-corrected chi connectivity index (χ4v) is 2.99. The van der Waals surface area contributed by atoms with E-state index in [9.17, 15) is 0 Å². The zero-order valence-electron chi connectivity index (χ0n) is 12.5. The van der Waals surface area contributed by atoms with Crippen LogP contribution >= 0.6 is 24.0 Å². The van der Waals surface area contributed by atoms with Gasteiger partial charge in [-0.05, 0) is 42.9 Å². The first-order valence-corrected chi connectivity index (χ1v) is 8.38. The van der Waals surface area contributed by atoms with Gasteiger partial charge in [0.1, 0.15) is 0 Å². The molecule has 5 heteroatoms. The number of ether oxygens (including phenoxy) is 1. The van der Waals surface area contributed by atoms with E-state index in [1.54, 1.807) is 18.9 Å². The van der Waals surface area contributed by atoms with Crippen molar-refractivity contribution < 1.29 is 4.74 Å². The summed E-state index contributed by atoms with van der Waals surface area (Å²) in [5.74, 6) is 0. The number of rotatable bonds is 7. The largest absolute Gasteiger partial charge is 0.385 e. The van der Waals surface area contributed by atoms with E-state index in [1.807, 2.05) is 36.4 Å². The average molecular weight is 332 g/mol. The maximum Gasteiger partial charge on any atom is 0.170 e. The fraction of sp³-hybridized carbons (Fsp3) is 0.235. The highest BCUT2D eigenvalue weighted by atomic mass is 32.2. The molecule has 0 unspecified atom stereocenters. The van der Waals surface area contributed by atoms with Crippen LogP contribution in [0.2, 0.25) is 0 Å². The summed E-state index contributed by atoms with van der Waals surface area (Å²) in [5, 5.41) is 7.09. The van der Waals surface area contributed by atoms with Crippen LogP contribution in [0.1, 0.15) is 6.42 Å². The summed E-state index contributed by atoms with van der Waals surface area (Å²) in [6.45, 7) is 1.53. The summed E-state index contributed by atoms with van der Waals surface area (Å²) in [6.07, 6.45) is 0.929. The Bertz CT molecular complexity index is 590. The van der Waals surface area contributed by atoms with Crippen LogP contribution in [0.5, 0.6) is 0 Å². The van der Waals surface area contributed by atoms with Crippen molar-refractivity contribution >= 4 is 34.8 Å². The highest BCUT2D eigenvalue weighted by Crippen LogP contribution is 2.33. The maximum atomic E-state index is 5.34. The lowest BCUT2D eigenvalue weighted by Gasteiger charge is -2.13. The molecule has 0 aliphatic carbocycles. The first kappa shape index (κ1) is 16.8. The number of hydrogen-bond donors (Lipinski definition) is 2. The minimum Gasteiger partial charge on any atom is -0.385 e. The molecule has 0 heterocycles. The zero-order valence-corrected chi connectivity index (χ0v) is 14.2. The second kappa shape index (κ2) is 9.46. The molecule has 2 aromatic carbocycles. The normalized spacial score (nSPS) is 10.2. The van der Waals surface area contributed by atoms with Crippen molar-refractivity contribution in [3.05, 3.63) is 54.6 Å². The van der Waals surface area contributed by atoms with Crippen LogP contribution < -0.4 is 10.6 Å². The van der Waals surface area contributed by atoms with Crippen molar-refractivity contribution in [3.63, 3.8) is 0 Å². The topological polar surface area (TPSA) is 33.3 Å². The number of methoxy groups -OCH3 is 1. The van der Waals surface area contributed by atoms with Crippen LogP contribution in [-0.4, -0.2) is 25.4 Å². The smallest absolute Gasteiger partial charge is 0.170 e. The lowest BCUT2D eigenvalue weighted by Crippen LogP contribution is -2.29. The number of hydrogen-bond acceptors (Lipinski definition) is 3. The first-order valence-electron chi connectivity index (χ1n) is 7.15. The summed E-state index contributed by atoms with van der Waals surface area (Å²) in [5.41, 5.74) is 1.01. The van der Waals surface area contributed by atoms with Gasteiger partial charge in [-0.15, -0.1) is 0 Å². The predicted octanol–water partition coefficient (Wildman–Crippen LogP) is 4.16. The second-order valence-corrected chi connectivity index (χ2v) is 6.16. The fourth-order valence-electron chi connectivity index (χ4n) is 1.86. The molecule has 0 saturated heterocycles. The number of benzene rings is 2. The molecule has 0 atom stereocenters. The van der Waals surface area contributed by atoms with Gasteiger partial charge in [-0.2, -0.15) is 0 Å². The molecule has 0 amide bonds. The summed E-state index contributed by atoms with van der Waals surface area (Å²) >= 11 is 7.06. The molecule has 3 nitrogen and oxygen atoms in total. The van der Waals surface area contributed by atoms with Crippen LogP contribution in [0.4, 0.5) is 5.69 Å². The van der Waals surface area contributed by atoms with Crippen LogP contribution in [0.15, 0.2) is 64.4 Å². The minimum absolute atomic E-state index is 0.636. The molecule has 0 spiro atoms. The van der Waals surface area contributed by atoms with Gasteiger partial charge in [0, 0.05) is 30.1 Å². The number of para-hydroxylation sites is 1. The van der Waals surface area contributed by atoms with E-state index in [4.69, 9.17) is 17.0 Å². The van der Waals surface area contributed by atoms with Crippen molar-refractivity contribution in [1.82, 2.24) is 5.32 Å². The van der Waals surface area contributed by atoms with E-state index in [-0.39, 0.29) is 0 Å². The molecular weight excluding hydrogens is 312 g/mol. The van der Waals surface area contributed by atoms with E-state index >= 15 is 0 Å². The van der Waals surface area contributed by atoms with Gasteiger partial charge in [0.2, 0.25) is 0 Å². The van der Waals surface area contributed by atoms with E-state index in [1.165, 1.54) is 4.90 Å². The Labute approximate surface area is 141 Å². The Kier molecular flexibility index (Phi) is 7.22. The monoisotopic (exact) mass is 332 g/mol. The van der Waals surface area contributed by atoms with Crippen molar-refractivity contribution in [3.8, 4) is 0 Å². The standard InChI is InChI=1S/C17H20N2OS2/c1-20-13-7-12-18-17(21)19-15-10-5-6-11-16(15)22-14-8-3-2-4-9-14/h2-6,8-11H,7,12-13H2,1H3,(H2,18,19,21). The summed E-state index contributed by atoms with van der Waals surface area (Å²) in [4.78, 5) is 2.35. The minimum atomic E-state index is 0.636. The highest BCUT2D eigenvalue weighted by Gasteiger charge is 2.05. The summed E-state index contributed by atoms with van der Waals surface area (Å²) in [6, 6.07) is 18.5. The van der Waals surface area contributed by atoms with Gasteiger partial charge in [0.05, 0.1) is 5.69 Å². The number of nitrogens with one attached hydrogen (secondary N) is 2. The van der Waals surface area contributed by atoms with Crippen molar-refractivity contribution in [1.29, 1.82) is 0 Å². The maximum absolute atomic E-state index is 5.34. The van der Waals surface area contributed by atoms with E-state index in [0.29, 0.717) is 5.11 Å². The highest BCUT2D eigenvalue weighted by molar-refractivity contribution is 7.99. The molecule has 22 heavy (non-hydrogen) atoms. The van der Waals surface area contributed by atoms with Gasteiger partial charge >= 0.3 is 0 Å². The molecule has 0 aliphatic rings. The van der Waals surface area contributed by atoms with Crippen LogP contribution in [0.3, 0.4) is 0 Å². The second-order valence-electron chi connectivity index (χ2n) is 4.64. The van der Waals surface area contributed by atoms with Gasteiger partial charge in [-0.3, -0.25) is 0 Å². The lowest BCUT2D eigenvalue weighted by atomic mass is 10.3. The molecule has 0 aliphatic heterocycles. The van der Waals surface area contributed by atoms with Gasteiger partial charge in [0.15, 0.2) is 5.11 Å². The Morgan fingerprint density at radius 3 is 2.59 bits per heavy atom. The first-order chi connectivity index (χ1) is 10.8. The van der Waals surface area contributed by atoms with E-state index in [2.05, 4.69) is 28.8 Å². The Morgan fingerprint density at radius 2 is 1.82 bits per heavy atom. The SMILES string of the molecule is COCCCNC(=S)Nc1ccccc1Sc1ccccc1. The molecule has 2 N–H and O–H groups in total. The van der Waals surface area contributed by atoms with Crippen molar-refractivity contribution in [2.45, 2.75) is 16.2 Å². The van der Waals surface area contributed by atoms with Gasteiger partial charge < -0.3 is 15.4 Å². The number of thiocarbonyl (C=S) groups is 1. The van der Waals surface area contributed by atoms with E-state index in [0.717, 1.165) is 30.2 Å². The van der Waals surface area contributed by atoms with Gasteiger partial charge in [-0.25, -0.2) is 0 Å².